The normalized spacial score (nSPS) is 11.8. The van der Waals surface area contributed by atoms with E-state index in [1.807, 2.05) is 0 Å². The molecule has 0 aromatic carbocycles. The van der Waals surface area contributed by atoms with E-state index in [2.05, 4.69) is 19.1 Å². The van der Waals surface area contributed by atoms with Crippen LogP contribution in [0.5, 0.6) is 0 Å². The van der Waals surface area contributed by atoms with Crippen molar-refractivity contribution >= 4 is 17.9 Å². The van der Waals surface area contributed by atoms with Crippen LogP contribution in [0, 0.1) is 0 Å². The number of rotatable bonds is 19. The van der Waals surface area contributed by atoms with Gasteiger partial charge in [-0.05, 0) is 32.1 Å². The number of hydrogen-bond donors (Lipinski definition) is 3. The predicted octanol–water partition coefficient (Wildman–Crippen LogP) is 3.92. The summed E-state index contributed by atoms with van der Waals surface area (Å²) in [4.78, 5) is 33.3. The molecule has 0 unspecified atom stereocenters. The molecule has 0 aliphatic carbocycles. The Labute approximate surface area is 168 Å². The number of allylic oxidation sites excluding steroid dienone is 2. The summed E-state index contributed by atoms with van der Waals surface area (Å²) in [6.45, 7) is 1.00. The summed E-state index contributed by atoms with van der Waals surface area (Å²) >= 11 is 0. The number of unbranched alkanes of at least 4 members (excludes halogenated alkanes) is 9. The van der Waals surface area contributed by atoms with Crippen LogP contribution in [-0.2, 0) is 14.4 Å². The summed E-state index contributed by atoms with van der Waals surface area (Å²) in [5.74, 6) is -3.52. The Morgan fingerprint density at radius 3 is 1.46 bits per heavy atom. The van der Waals surface area contributed by atoms with Gasteiger partial charge in [-0.1, -0.05) is 57.6 Å². The second-order valence-corrected chi connectivity index (χ2v) is 7.60. The lowest BCUT2D eigenvalue weighted by atomic mass is 10.1. The SMILES string of the molecule is CCCC/C=C/CCCCCCCCC[N+](CC(=O)O)(CC(=O)O)CC(=O)O. The van der Waals surface area contributed by atoms with Crippen LogP contribution in [0.2, 0.25) is 0 Å². The highest BCUT2D eigenvalue weighted by Gasteiger charge is 2.35. The van der Waals surface area contributed by atoms with Gasteiger partial charge in [-0.3, -0.25) is 4.48 Å². The highest BCUT2D eigenvalue weighted by atomic mass is 16.4. The van der Waals surface area contributed by atoms with Gasteiger partial charge in [0, 0.05) is 0 Å². The Kier molecular flexibility index (Phi) is 15.0. The molecule has 3 N–H and O–H groups in total. The van der Waals surface area contributed by atoms with Crippen LogP contribution in [0.4, 0.5) is 0 Å². The van der Waals surface area contributed by atoms with Gasteiger partial charge < -0.3 is 15.3 Å². The first-order chi connectivity index (χ1) is 13.3. The zero-order valence-corrected chi connectivity index (χ0v) is 17.3. The first-order valence-corrected chi connectivity index (χ1v) is 10.5. The van der Waals surface area contributed by atoms with Gasteiger partial charge >= 0.3 is 17.9 Å². The Morgan fingerprint density at radius 1 is 0.643 bits per heavy atom. The maximum absolute atomic E-state index is 11.1. The Hall–Kier alpha value is -1.89. The molecular weight excluding hydrogens is 362 g/mol. The van der Waals surface area contributed by atoms with Crippen LogP contribution in [0.1, 0.15) is 77.6 Å². The van der Waals surface area contributed by atoms with Gasteiger partial charge in [0.15, 0.2) is 19.6 Å². The van der Waals surface area contributed by atoms with Crippen LogP contribution >= 0.6 is 0 Å². The molecule has 7 nitrogen and oxygen atoms in total. The Bertz CT molecular complexity index is 448. The molecule has 0 aromatic heterocycles. The largest absolute Gasteiger partial charge is 0.477 e. The molecule has 162 valence electrons. The van der Waals surface area contributed by atoms with E-state index in [1.165, 1.54) is 32.1 Å². The average molecular weight is 401 g/mol. The molecule has 28 heavy (non-hydrogen) atoms. The standard InChI is InChI=1S/C21H37NO6/c1-2-3-4-5-6-7-8-9-10-11-12-13-14-15-22(16-19(23)24,17-20(25)26)18-21(27)28/h5-6H,2-4,7-18H2,1H3,(H2-,23,24,25,26,27,28)/p+1/b6-5+. The molecule has 0 radical (unpaired) electrons. The van der Waals surface area contributed by atoms with Crippen molar-refractivity contribution in [3.63, 3.8) is 0 Å². The fourth-order valence-electron chi connectivity index (χ4n) is 3.42. The first kappa shape index (κ1) is 26.1. The van der Waals surface area contributed by atoms with Crippen molar-refractivity contribution < 1.29 is 34.2 Å². The van der Waals surface area contributed by atoms with Crippen LogP contribution in [0.3, 0.4) is 0 Å². The predicted molar refractivity (Wildman–Crippen MR) is 108 cm³/mol. The highest BCUT2D eigenvalue weighted by molar-refractivity contribution is 5.73. The van der Waals surface area contributed by atoms with Gasteiger partial charge in [0.25, 0.3) is 0 Å². The minimum atomic E-state index is -1.17. The van der Waals surface area contributed by atoms with Gasteiger partial charge in [-0.15, -0.1) is 0 Å². The second-order valence-electron chi connectivity index (χ2n) is 7.60. The molecular formula is C21H38NO6+. The highest BCUT2D eigenvalue weighted by Crippen LogP contribution is 2.14. The zero-order valence-electron chi connectivity index (χ0n) is 17.3. The Balaban J connectivity index is 4.06. The zero-order chi connectivity index (χ0) is 21.3. The minimum absolute atomic E-state index is 0.257. The molecule has 0 aliphatic rings. The summed E-state index contributed by atoms with van der Waals surface area (Å²) in [5, 5.41) is 27.2. The third kappa shape index (κ3) is 15.2. The van der Waals surface area contributed by atoms with E-state index in [1.54, 1.807) is 0 Å². The molecule has 0 rings (SSSR count). The maximum Gasteiger partial charge on any atom is 0.359 e. The fraction of sp³-hybridized carbons (Fsp3) is 0.762. The molecule has 0 heterocycles. The van der Waals surface area contributed by atoms with Crippen molar-refractivity contribution in [1.29, 1.82) is 0 Å². The van der Waals surface area contributed by atoms with Gasteiger partial charge in [0.05, 0.1) is 6.54 Å². The molecule has 0 saturated carbocycles. The van der Waals surface area contributed by atoms with Gasteiger partial charge in [-0.2, -0.15) is 0 Å². The monoisotopic (exact) mass is 400 g/mol. The number of aliphatic carboxylic acids is 3. The van der Waals surface area contributed by atoms with E-state index in [0.717, 1.165) is 32.1 Å². The van der Waals surface area contributed by atoms with Gasteiger partial charge in [0.1, 0.15) is 0 Å². The van der Waals surface area contributed by atoms with E-state index in [0.29, 0.717) is 6.42 Å². The molecule has 0 aliphatic heterocycles. The molecule has 0 bridgehead atoms. The van der Waals surface area contributed by atoms with Crippen LogP contribution in [0.15, 0.2) is 12.2 Å². The number of carboxylic acid groups (broad SMARTS) is 3. The van der Waals surface area contributed by atoms with Crippen LogP contribution in [-0.4, -0.2) is 63.9 Å². The van der Waals surface area contributed by atoms with E-state index in [4.69, 9.17) is 15.3 Å². The lowest BCUT2D eigenvalue weighted by Gasteiger charge is -2.34. The summed E-state index contributed by atoms with van der Waals surface area (Å²) in [6.07, 6.45) is 16.4. The number of carboxylic acids is 3. The van der Waals surface area contributed by atoms with Crippen molar-refractivity contribution in [3.8, 4) is 0 Å². The Morgan fingerprint density at radius 2 is 1.04 bits per heavy atom. The number of quaternary nitrogens is 1. The van der Waals surface area contributed by atoms with Crippen molar-refractivity contribution in [3.05, 3.63) is 12.2 Å². The van der Waals surface area contributed by atoms with Crippen LogP contribution in [0.25, 0.3) is 0 Å². The van der Waals surface area contributed by atoms with Gasteiger partial charge in [-0.25, -0.2) is 14.4 Å². The second kappa shape index (κ2) is 16.1. The third-order valence-corrected chi connectivity index (χ3v) is 4.81. The molecule has 0 fully saturated rings. The fourth-order valence-corrected chi connectivity index (χ4v) is 3.42. The summed E-state index contributed by atoms with van der Waals surface area (Å²) in [5.41, 5.74) is 0. The molecule has 7 heteroatoms. The number of carbonyl (C=O) groups is 3. The molecule has 0 aromatic rings. The number of nitrogens with zero attached hydrogens (tertiary/aromatic N) is 1. The van der Waals surface area contributed by atoms with Crippen molar-refractivity contribution in [2.75, 3.05) is 26.2 Å². The lowest BCUT2D eigenvalue weighted by Crippen LogP contribution is -2.57. The molecule has 0 atom stereocenters. The van der Waals surface area contributed by atoms with E-state index >= 15 is 0 Å². The average Bonchev–Trinajstić information content (AvgIpc) is 2.57. The van der Waals surface area contributed by atoms with Gasteiger partial charge in [0.2, 0.25) is 0 Å². The van der Waals surface area contributed by atoms with E-state index in [9.17, 15) is 14.4 Å². The van der Waals surface area contributed by atoms with Crippen molar-refractivity contribution in [2.45, 2.75) is 77.6 Å². The smallest absolute Gasteiger partial charge is 0.359 e. The summed E-state index contributed by atoms with van der Waals surface area (Å²) in [6, 6.07) is 0. The van der Waals surface area contributed by atoms with E-state index < -0.39 is 42.0 Å². The molecule has 0 saturated heterocycles. The maximum atomic E-state index is 11.1. The summed E-state index contributed by atoms with van der Waals surface area (Å²) in [7, 11) is 0. The van der Waals surface area contributed by atoms with Crippen molar-refractivity contribution in [2.24, 2.45) is 0 Å². The number of hydrogen-bond acceptors (Lipinski definition) is 3. The topological polar surface area (TPSA) is 112 Å². The lowest BCUT2D eigenvalue weighted by molar-refractivity contribution is -0.907. The van der Waals surface area contributed by atoms with E-state index in [-0.39, 0.29) is 6.54 Å². The van der Waals surface area contributed by atoms with Crippen LogP contribution < -0.4 is 0 Å². The third-order valence-electron chi connectivity index (χ3n) is 4.81. The minimum Gasteiger partial charge on any atom is -0.477 e. The molecule has 0 spiro atoms. The molecule has 0 amide bonds. The first-order valence-electron chi connectivity index (χ1n) is 10.5. The van der Waals surface area contributed by atoms with Crippen molar-refractivity contribution in [1.82, 2.24) is 0 Å². The quantitative estimate of drug-likeness (QED) is 0.172. The summed E-state index contributed by atoms with van der Waals surface area (Å²) < 4.78 is -0.440.